The van der Waals surface area contributed by atoms with E-state index in [1.807, 2.05) is 18.7 Å². The van der Waals surface area contributed by atoms with Crippen molar-refractivity contribution in [3.05, 3.63) is 35.4 Å². The molecule has 1 aliphatic rings. The summed E-state index contributed by atoms with van der Waals surface area (Å²) in [6, 6.07) is 5.13. The van der Waals surface area contributed by atoms with E-state index in [9.17, 15) is 18.0 Å². The first-order valence-electron chi connectivity index (χ1n) is 8.82. The molecular weight excluding hydrogens is 472 g/mol. The third-order valence-corrected chi connectivity index (χ3v) is 4.23. The summed E-state index contributed by atoms with van der Waals surface area (Å²) in [5, 5.41) is 6.43. The minimum atomic E-state index is -4.33. The molecule has 1 amide bonds. The van der Waals surface area contributed by atoms with Gasteiger partial charge >= 0.3 is 6.18 Å². The zero-order chi connectivity index (χ0) is 19.2. The van der Waals surface area contributed by atoms with Gasteiger partial charge in [-0.3, -0.25) is 4.79 Å². The predicted octanol–water partition coefficient (Wildman–Crippen LogP) is 3.39. The Kier molecular flexibility index (Phi) is 9.34. The van der Waals surface area contributed by atoms with Crippen LogP contribution >= 0.6 is 24.0 Å². The lowest BCUT2D eigenvalue weighted by Gasteiger charge is -2.18. The van der Waals surface area contributed by atoms with Gasteiger partial charge in [0.05, 0.1) is 12.1 Å². The minimum Gasteiger partial charge on any atom is -0.357 e. The summed E-state index contributed by atoms with van der Waals surface area (Å²) >= 11 is 0. The van der Waals surface area contributed by atoms with Crippen LogP contribution in [0.15, 0.2) is 29.3 Å². The first-order chi connectivity index (χ1) is 12.3. The summed E-state index contributed by atoms with van der Waals surface area (Å²) in [7, 11) is 0. The molecule has 0 bridgehead atoms. The van der Waals surface area contributed by atoms with Crippen LogP contribution in [0.2, 0.25) is 0 Å². The number of halogens is 4. The monoisotopic (exact) mass is 498 g/mol. The molecule has 5 nitrogen and oxygen atoms in total. The molecule has 1 atom stereocenters. The van der Waals surface area contributed by atoms with Crippen molar-refractivity contribution in [1.82, 2.24) is 15.5 Å². The highest BCUT2D eigenvalue weighted by Crippen LogP contribution is 2.29. The number of carbonyl (C=O) groups is 1. The first-order valence-corrected chi connectivity index (χ1v) is 8.82. The maximum Gasteiger partial charge on any atom is 0.416 e. The van der Waals surface area contributed by atoms with Crippen LogP contribution in [-0.2, 0) is 17.5 Å². The van der Waals surface area contributed by atoms with Gasteiger partial charge in [-0.15, -0.1) is 24.0 Å². The molecule has 2 N–H and O–H groups in total. The average molecular weight is 498 g/mol. The van der Waals surface area contributed by atoms with Gasteiger partial charge in [0.1, 0.15) is 0 Å². The van der Waals surface area contributed by atoms with Crippen molar-refractivity contribution in [3.63, 3.8) is 0 Å². The number of likely N-dealkylation sites (tertiary alicyclic amines) is 1. The highest BCUT2D eigenvalue weighted by molar-refractivity contribution is 14.0. The number of nitrogens with one attached hydrogen (secondary N) is 2. The first kappa shape index (κ1) is 23.5. The van der Waals surface area contributed by atoms with Gasteiger partial charge in [-0.2, -0.15) is 13.2 Å². The van der Waals surface area contributed by atoms with Crippen molar-refractivity contribution in [3.8, 4) is 0 Å². The van der Waals surface area contributed by atoms with Crippen LogP contribution < -0.4 is 10.6 Å². The number of aliphatic imine (C=N–C) groups is 1. The summed E-state index contributed by atoms with van der Waals surface area (Å²) < 4.78 is 37.8. The molecule has 1 heterocycles. The summed E-state index contributed by atoms with van der Waals surface area (Å²) in [5.41, 5.74) is 0.0336. The number of hydrogen-bond acceptors (Lipinski definition) is 2. The molecule has 2 rings (SSSR count). The zero-order valence-electron chi connectivity index (χ0n) is 15.5. The maximum absolute atomic E-state index is 12.6. The largest absolute Gasteiger partial charge is 0.416 e. The van der Waals surface area contributed by atoms with Gasteiger partial charge in [0, 0.05) is 32.1 Å². The third-order valence-electron chi connectivity index (χ3n) is 4.23. The van der Waals surface area contributed by atoms with Crippen molar-refractivity contribution < 1.29 is 18.0 Å². The Labute approximate surface area is 174 Å². The minimum absolute atomic E-state index is 0. The van der Waals surface area contributed by atoms with Gasteiger partial charge in [-0.1, -0.05) is 19.1 Å². The molecule has 0 aliphatic carbocycles. The van der Waals surface area contributed by atoms with E-state index in [0.717, 1.165) is 25.1 Å². The number of guanidine groups is 1. The van der Waals surface area contributed by atoms with Gasteiger partial charge < -0.3 is 15.5 Å². The quantitative estimate of drug-likeness (QED) is 0.372. The van der Waals surface area contributed by atoms with Crippen molar-refractivity contribution in [1.29, 1.82) is 0 Å². The standard InChI is InChI=1S/C18H25F3N4O.HI/c1-3-16(26)25-10-9-15(12-25)24-17(22-4-2)23-11-13-5-7-14(8-6-13)18(19,20)21;/h5-8,15H,3-4,9-12H2,1-2H3,(H2,22,23,24);1H. The van der Waals surface area contributed by atoms with Crippen LogP contribution in [0.25, 0.3) is 0 Å². The van der Waals surface area contributed by atoms with Gasteiger partial charge in [0.15, 0.2) is 5.96 Å². The molecule has 1 aromatic carbocycles. The van der Waals surface area contributed by atoms with Crippen molar-refractivity contribution in [2.75, 3.05) is 19.6 Å². The zero-order valence-corrected chi connectivity index (χ0v) is 17.8. The van der Waals surface area contributed by atoms with E-state index >= 15 is 0 Å². The SMILES string of the molecule is CCNC(=NCc1ccc(C(F)(F)F)cc1)NC1CCN(C(=O)CC)C1.I. The summed E-state index contributed by atoms with van der Waals surface area (Å²) in [6.45, 7) is 6.09. The van der Waals surface area contributed by atoms with Crippen molar-refractivity contribution >= 4 is 35.8 Å². The Morgan fingerprint density at radius 2 is 1.93 bits per heavy atom. The van der Waals surface area contributed by atoms with Crippen LogP contribution in [-0.4, -0.2) is 42.4 Å². The molecule has 9 heteroatoms. The fraction of sp³-hybridized carbons (Fsp3) is 0.556. The highest BCUT2D eigenvalue weighted by Gasteiger charge is 2.30. The lowest BCUT2D eigenvalue weighted by Crippen LogP contribution is -2.45. The Hall–Kier alpha value is -1.52. The summed E-state index contributed by atoms with van der Waals surface area (Å²) in [5.74, 6) is 0.740. The molecule has 1 unspecified atom stereocenters. The lowest BCUT2D eigenvalue weighted by molar-refractivity contribution is -0.137. The summed E-state index contributed by atoms with van der Waals surface area (Å²) in [6.07, 6.45) is -2.99. The Morgan fingerprint density at radius 1 is 1.26 bits per heavy atom. The molecule has 1 saturated heterocycles. The fourth-order valence-corrected chi connectivity index (χ4v) is 2.81. The average Bonchev–Trinajstić information content (AvgIpc) is 3.07. The molecule has 152 valence electrons. The molecule has 0 radical (unpaired) electrons. The number of hydrogen-bond donors (Lipinski definition) is 2. The third kappa shape index (κ3) is 7.19. The number of alkyl halides is 3. The summed E-state index contributed by atoms with van der Waals surface area (Å²) in [4.78, 5) is 18.0. The topological polar surface area (TPSA) is 56.7 Å². The molecule has 1 aliphatic heterocycles. The van der Waals surface area contributed by atoms with E-state index in [-0.39, 0.29) is 42.5 Å². The highest BCUT2D eigenvalue weighted by atomic mass is 127. The maximum atomic E-state index is 12.6. The Morgan fingerprint density at radius 3 is 2.48 bits per heavy atom. The lowest BCUT2D eigenvalue weighted by atomic mass is 10.1. The molecule has 0 saturated carbocycles. The van der Waals surface area contributed by atoms with Gasteiger partial charge in [0.25, 0.3) is 0 Å². The van der Waals surface area contributed by atoms with E-state index in [1.54, 1.807) is 0 Å². The second-order valence-corrected chi connectivity index (χ2v) is 6.21. The van der Waals surface area contributed by atoms with Crippen LogP contribution in [0.3, 0.4) is 0 Å². The number of amides is 1. The smallest absolute Gasteiger partial charge is 0.357 e. The number of nitrogens with zero attached hydrogens (tertiary/aromatic N) is 2. The normalized spacial score (nSPS) is 17.4. The van der Waals surface area contributed by atoms with Gasteiger partial charge in [-0.25, -0.2) is 4.99 Å². The van der Waals surface area contributed by atoms with E-state index < -0.39 is 11.7 Å². The number of benzene rings is 1. The molecule has 1 aromatic rings. The number of carbonyl (C=O) groups excluding carboxylic acids is 1. The molecule has 0 aromatic heterocycles. The van der Waals surface area contributed by atoms with E-state index in [1.165, 1.54) is 12.1 Å². The van der Waals surface area contributed by atoms with Crippen LogP contribution in [0.5, 0.6) is 0 Å². The van der Waals surface area contributed by atoms with E-state index in [4.69, 9.17) is 0 Å². The van der Waals surface area contributed by atoms with Crippen LogP contribution in [0.4, 0.5) is 13.2 Å². The van der Waals surface area contributed by atoms with Gasteiger partial charge in [0.2, 0.25) is 5.91 Å². The predicted molar refractivity (Wildman–Crippen MR) is 110 cm³/mol. The Bertz CT molecular complexity index is 634. The van der Waals surface area contributed by atoms with Crippen molar-refractivity contribution in [2.45, 2.75) is 45.5 Å². The molecule has 1 fully saturated rings. The number of rotatable bonds is 5. The van der Waals surface area contributed by atoms with Crippen LogP contribution in [0.1, 0.15) is 37.8 Å². The molecule has 0 spiro atoms. The fourth-order valence-electron chi connectivity index (χ4n) is 2.81. The van der Waals surface area contributed by atoms with Crippen molar-refractivity contribution in [2.24, 2.45) is 4.99 Å². The second kappa shape index (κ2) is 10.7. The van der Waals surface area contributed by atoms with Crippen LogP contribution in [0, 0.1) is 0 Å². The van der Waals surface area contributed by atoms with E-state index in [2.05, 4.69) is 15.6 Å². The molecular formula is C18H26F3IN4O. The second-order valence-electron chi connectivity index (χ2n) is 6.21. The molecule has 27 heavy (non-hydrogen) atoms. The van der Waals surface area contributed by atoms with Gasteiger partial charge in [-0.05, 0) is 31.0 Å². The van der Waals surface area contributed by atoms with E-state index in [0.29, 0.717) is 31.0 Å². The Balaban J connectivity index is 0.00000364.